The van der Waals surface area contributed by atoms with Gasteiger partial charge in [0.25, 0.3) is 0 Å². The topological polar surface area (TPSA) is 123 Å². The molecule has 0 unspecified atom stereocenters. The van der Waals surface area contributed by atoms with Crippen molar-refractivity contribution in [2.45, 2.75) is 17.7 Å². The average molecular weight is 427 g/mol. The number of benzene rings is 1. The van der Waals surface area contributed by atoms with Crippen LogP contribution in [0.1, 0.15) is 12.8 Å². The summed E-state index contributed by atoms with van der Waals surface area (Å²) >= 11 is 0. The Bertz CT molecular complexity index is 1130. The number of amides is 1. The van der Waals surface area contributed by atoms with Gasteiger partial charge in [-0.3, -0.25) is 4.79 Å². The summed E-state index contributed by atoms with van der Waals surface area (Å²) in [6.07, 6.45) is 7.25. The maximum absolute atomic E-state index is 12.8. The minimum atomic E-state index is -3.27. The standard InChI is InChI=1S/C19H21N7O3S/c1-30(28,29)16-6-4-15(5-7-16)24-19(27)14-3-2-8-25(10-14)17-9-18(22-12-21-17)26-13-20-11-23-26/h4-7,9,11-14H,2-3,8,10H2,1H3,(H,24,27)/t14-/m1/s1. The molecule has 0 aliphatic carbocycles. The molecule has 4 rings (SSSR count). The quantitative estimate of drug-likeness (QED) is 0.647. The molecule has 0 bridgehead atoms. The molecule has 1 N–H and O–H groups in total. The van der Waals surface area contributed by atoms with Crippen LogP contribution in [0.4, 0.5) is 11.5 Å². The Morgan fingerprint density at radius 3 is 2.60 bits per heavy atom. The Morgan fingerprint density at radius 2 is 1.90 bits per heavy atom. The number of hydrogen-bond donors (Lipinski definition) is 1. The number of aromatic nitrogens is 5. The van der Waals surface area contributed by atoms with Crippen molar-refractivity contribution in [3.8, 4) is 5.82 Å². The Balaban J connectivity index is 1.44. The van der Waals surface area contributed by atoms with E-state index in [1.807, 2.05) is 6.07 Å². The van der Waals surface area contributed by atoms with Gasteiger partial charge < -0.3 is 10.2 Å². The van der Waals surface area contributed by atoms with Crippen molar-refractivity contribution in [2.75, 3.05) is 29.6 Å². The van der Waals surface area contributed by atoms with Crippen LogP contribution in [0.15, 0.2) is 54.2 Å². The molecule has 1 aliphatic rings. The zero-order chi connectivity index (χ0) is 21.1. The van der Waals surface area contributed by atoms with Gasteiger partial charge in [-0.15, -0.1) is 0 Å². The first-order valence-electron chi connectivity index (χ1n) is 9.43. The fraction of sp³-hybridized carbons (Fsp3) is 0.316. The van der Waals surface area contributed by atoms with Crippen LogP contribution in [0.3, 0.4) is 0 Å². The molecule has 1 aromatic carbocycles. The van der Waals surface area contributed by atoms with E-state index in [9.17, 15) is 13.2 Å². The van der Waals surface area contributed by atoms with E-state index in [-0.39, 0.29) is 16.7 Å². The van der Waals surface area contributed by atoms with Crippen molar-refractivity contribution < 1.29 is 13.2 Å². The molecule has 30 heavy (non-hydrogen) atoms. The molecule has 0 spiro atoms. The molecule has 0 radical (unpaired) electrons. The Kier molecular flexibility index (Phi) is 5.44. The molecule has 1 aliphatic heterocycles. The molecular formula is C19H21N7O3S. The Hall–Kier alpha value is -3.34. The summed E-state index contributed by atoms with van der Waals surface area (Å²) in [4.78, 5) is 27.5. The van der Waals surface area contributed by atoms with Gasteiger partial charge in [0, 0.05) is 31.1 Å². The first-order chi connectivity index (χ1) is 14.4. The number of nitrogens with one attached hydrogen (secondary N) is 1. The number of anilines is 2. The summed E-state index contributed by atoms with van der Waals surface area (Å²) in [5.74, 6) is 1.02. The third kappa shape index (κ3) is 4.46. The van der Waals surface area contributed by atoms with Crippen molar-refractivity contribution in [3.05, 3.63) is 49.3 Å². The summed E-state index contributed by atoms with van der Waals surface area (Å²) < 4.78 is 24.7. The fourth-order valence-corrected chi connectivity index (χ4v) is 4.02. The van der Waals surface area contributed by atoms with Gasteiger partial charge in [-0.1, -0.05) is 0 Å². The Morgan fingerprint density at radius 1 is 1.13 bits per heavy atom. The van der Waals surface area contributed by atoms with E-state index < -0.39 is 9.84 Å². The lowest BCUT2D eigenvalue weighted by Gasteiger charge is -2.32. The van der Waals surface area contributed by atoms with Gasteiger partial charge in [0.05, 0.1) is 10.8 Å². The summed E-state index contributed by atoms with van der Waals surface area (Å²) in [6.45, 7) is 1.32. The van der Waals surface area contributed by atoms with E-state index in [1.165, 1.54) is 24.8 Å². The van der Waals surface area contributed by atoms with Crippen LogP contribution in [0.2, 0.25) is 0 Å². The predicted molar refractivity (Wildman–Crippen MR) is 110 cm³/mol. The van der Waals surface area contributed by atoms with Gasteiger partial charge in [-0.05, 0) is 37.1 Å². The van der Waals surface area contributed by atoms with Crippen LogP contribution in [-0.2, 0) is 14.6 Å². The van der Waals surface area contributed by atoms with E-state index in [4.69, 9.17) is 0 Å². The monoisotopic (exact) mass is 427 g/mol. The van der Waals surface area contributed by atoms with E-state index in [0.29, 0.717) is 18.1 Å². The SMILES string of the molecule is CS(=O)(=O)c1ccc(NC(=O)[C@@H]2CCCN(c3cc(-n4cncn4)ncn3)C2)cc1. The lowest BCUT2D eigenvalue weighted by atomic mass is 9.97. The smallest absolute Gasteiger partial charge is 0.229 e. The number of rotatable bonds is 5. The maximum atomic E-state index is 12.8. The molecule has 0 saturated carbocycles. The summed E-state index contributed by atoms with van der Waals surface area (Å²) in [6, 6.07) is 8.00. The molecule has 1 saturated heterocycles. The van der Waals surface area contributed by atoms with Crippen LogP contribution in [0, 0.1) is 5.92 Å². The number of nitrogens with zero attached hydrogens (tertiary/aromatic N) is 6. The van der Waals surface area contributed by atoms with Gasteiger partial charge in [0.2, 0.25) is 5.91 Å². The molecule has 10 nitrogen and oxygen atoms in total. The minimum Gasteiger partial charge on any atom is -0.356 e. The molecular weight excluding hydrogens is 406 g/mol. The zero-order valence-electron chi connectivity index (χ0n) is 16.3. The van der Waals surface area contributed by atoms with Crippen LogP contribution in [0.25, 0.3) is 5.82 Å². The van der Waals surface area contributed by atoms with Gasteiger partial charge in [-0.25, -0.2) is 28.1 Å². The summed E-state index contributed by atoms with van der Waals surface area (Å²) in [7, 11) is -3.27. The van der Waals surface area contributed by atoms with Gasteiger partial charge in [0.1, 0.15) is 24.8 Å². The molecule has 156 valence electrons. The van der Waals surface area contributed by atoms with E-state index in [1.54, 1.807) is 23.1 Å². The van der Waals surface area contributed by atoms with Crippen LogP contribution in [-0.4, -0.2) is 58.4 Å². The highest BCUT2D eigenvalue weighted by Gasteiger charge is 2.27. The minimum absolute atomic E-state index is 0.0997. The van der Waals surface area contributed by atoms with Crippen molar-refractivity contribution >= 4 is 27.2 Å². The maximum Gasteiger partial charge on any atom is 0.229 e. The second kappa shape index (κ2) is 8.19. The first kappa shape index (κ1) is 20.0. The lowest BCUT2D eigenvalue weighted by Crippen LogP contribution is -2.41. The molecule has 1 fully saturated rings. The molecule has 1 amide bonds. The van der Waals surface area contributed by atoms with Crippen LogP contribution < -0.4 is 10.2 Å². The first-order valence-corrected chi connectivity index (χ1v) is 11.3. The van der Waals surface area contributed by atoms with E-state index >= 15 is 0 Å². The number of carbonyl (C=O) groups is 1. The normalized spacial score (nSPS) is 17.0. The largest absolute Gasteiger partial charge is 0.356 e. The second-order valence-electron chi connectivity index (χ2n) is 7.15. The molecule has 3 heterocycles. The van der Waals surface area contributed by atoms with Gasteiger partial charge >= 0.3 is 0 Å². The predicted octanol–water partition coefficient (Wildman–Crippen LogP) is 1.32. The number of piperidine rings is 1. The highest BCUT2D eigenvalue weighted by molar-refractivity contribution is 7.90. The zero-order valence-corrected chi connectivity index (χ0v) is 17.2. The summed E-state index contributed by atoms with van der Waals surface area (Å²) in [5.41, 5.74) is 0.569. The number of carbonyl (C=O) groups excluding carboxylic acids is 1. The average Bonchev–Trinajstić information content (AvgIpc) is 3.29. The highest BCUT2D eigenvalue weighted by Crippen LogP contribution is 2.24. The van der Waals surface area contributed by atoms with Gasteiger partial charge in [-0.2, -0.15) is 5.10 Å². The van der Waals surface area contributed by atoms with Crippen LogP contribution >= 0.6 is 0 Å². The molecule has 3 aromatic rings. The van der Waals surface area contributed by atoms with Crippen LogP contribution in [0.5, 0.6) is 0 Å². The van der Waals surface area contributed by atoms with E-state index in [0.717, 1.165) is 31.5 Å². The summed E-state index contributed by atoms with van der Waals surface area (Å²) in [5, 5.41) is 6.96. The molecule has 1 atom stereocenters. The lowest BCUT2D eigenvalue weighted by molar-refractivity contribution is -0.120. The third-order valence-electron chi connectivity index (χ3n) is 4.96. The second-order valence-corrected chi connectivity index (χ2v) is 9.16. The van der Waals surface area contributed by atoms with Crippen molar-refractivity contribution in [1.29, 1.82) is 0 Å². The Labute approximate surface area is 173 Å². The number of sulfone groups is 1. The van der Waals surface area contributed by atoms with Crippen molar-refractivity contribution in [2.24, 2.45) is 5.92 Å². The number of hydrogen-bond acceptors (Lipinski definition) is 8. The van der Waals surface area contributed by atoms with Crippen molar-refractivity contribution in [3.63, 3.8) is 0 Å². The fourth-order valence-electron chi connectivity index (χ4n) is 3.39. The van der Waals surface area contributed by atoms with E-state index in [2.05, 4.69) is 30.3 Å². The highest BCUT2D eigenvalue weighted by atomic mass is 32.2. The molecule has 2 aromatic heterocycles. The van der Waals surface area contributed by atoms with Crippen molar-refractivity contribution in [1.82, 2.24) is 24.7 Å². The molecule has 11 heteroatoms. The van der Waals surface area contributed by atoms with Gasteiger partial charge in [0.15, 0.2) is 15.7 Å². The third-order valence-corrected chi connectivity index (χ3v) is 6.09.